The van der Waals surface area contributed by atoms with E-state index in [1.807, 2.05) is 32.0 Å². The number of amides is 1. The molecule has 0 saturated carbocycles. The first-order chi connectivity index (χ1) is 18.3. The van der Waals surface area contributed by atoms with Crippen molar-refractivity contribution in [2.24, 2.45) is 5.10 Å². The summed E-state index contributed by atoms with van der Waals surface area (Å²) in [5.74, 6) is 1.36. The molecule has 0 aliphatic heterocycles. The number of nitrogens with one attached hydrogen (secondary N) is 1. The minimum absolute atomic E-state index is 0.162. The third-order valence-electron chi connectivity index (χ3n) is 5.51. The van der Waals surface area contributed by atoms with Crippen molar-refractivity contribution < 1.29 is 28.5 Å². The molecule has 0 aromatic heterocycles. The molecular formula is C30H34N2O6. The molecule has 3 rings (SSSR count). The van der Waals surface area contributed by atoms with Gasteiger partial charge >= 0.3 is 5.97 Å². The van der Waals surface area contributed by atoms with E-state index in [-0.39, 0.29) is 24.2 Å². The summed E-state index contributed by atoms with van der Waals surface area (Å²) in [6.45, 7) is 8.60. The summed E-state index contributed by atoms with van der Waals surface area (Å²) in [7, 11) is 1.48. The average Bonchev–Trinajstić information content (AvgIpc) is 2.91. The lowest BCUT2D eigenvalue weighted by atomic mass is 10.0. The van der Waals surface area contributed by atoms with E-state index in [2.05, 4.69) is 24.4 Å². The fourth-order valence-corrected chi connectivity index (χ4v) is 3.51. The number of rotatable bonds is 12. The van der Waals surface area contributed by atoms with Crippen LogP contribution in [0, 0.1) is 6.92 Å². The van der Waals surface area contributed by atoms with Crippen LogP contribution in [0.25, 0.3) is 0 Å². The first-order valence-electron chi connectivity index (χ1n) is 12.5. The Morgan fingerprint density at radius 3 is 2.39 bits per heavy atom. The van der Waals surface area contributed by atoms with Crippen LogP contribution in [0.15, 0.2) is 65.8 Å². The summed E-state index contributed by atoms with van der Waals surface area (Å²) >= 11 is 0. The van der Waals surface area contributed by atoms with Gasteiger partial charge in [-0.3, -0.25) is 4.79 Å². The molecule has 3 aromatic rings. The second kappa shape index (κ2) is 13.8. The van der Waals surface area contributed by atoms with Gasteiger partial charge in [0.25, 0.3) is 5.91 Å². The topological polar surface area (TPSA) is 95.5 Å². The van der Waals surface area contributed by atoms with Crippen LogP contribution >= 0.6 is 0 Å². The number of methoxy groups -OCH3 is 1. The van der Waals surface area contributed by atoms with Gasteiger partial charge in [0.1, 0.15) is 11.5 Å². The Labute approximate surface area is 223 Å². The Bertz CT molecular complexity index is 1270. The molecule has 8 nitrogen and oxygen atoms in total. The highest BCUT2D eigenvalue weighted by atomic mass is 16.6. The molecule has 0 aliphatic rings. The number of hydrogen-bond acceptors (Lipinski definition) is 7. The Morgan fingerprint density at radius 1 is 0.947 bits per heavy atom. The number of ether oxygens (including phenoxy) is 4. The molecule has 0 aliphatic carbocycles. The fraction of sp³-hybridized carbons (Fsp3) is 0.300. The second-order valence-electron chi connectivity index (χ2n) is 8.95. The molecule has 38 heavy (non-hydrogen) atoms. The highest BCUT2D eigenvalue weighted by Crippen LogP contribution is 2.29. The van der Waals surface area contributed by atoms with E-state index < -0.39 is 5.97 Å². The van der Waals surface area contributed by atoms with Gasteiger partial charge in [-0.2, -0.15) is 5.10 Å². The van der Waals surface area contributed by atoms with Crippen LogP contribution in [0.2, 0.25) is 0 Å². The monoisotopic (exact) mass is 518 g/mol. The summed E-state index contributed by atoms with van der Waals surface area (Å²) in [5, 5.41) is 3.99. The van der Waals surface area contributed by atoms with E-state index >= 15 is 0 Å². The SMILES string of the molecule is CCCOc1ccc(C(=O)Oc2ccc(/C=N\NC(=O)COc3cc(C)ccc3C(C)C)cc2OC)cc1. The van der Waals surface area contributed by atoms with Crippen molar-refractivity contribution in [2.75, 3.05) is 20.3 Å². The van der Waals surface area contributed by atoms with Crippen LogP contribution in [0.5, 0.6) is 23.0 Å². The molecule has 0 spiro atoms. The smallest absolute Gasteiger partial charge is 0.343 e. The minimum atomic E-state index is -0.520. The van der Waals surface area contributed by atoms with E-state index in [4.69, 9.17) is 18.9 Å². The van der Waals surface area contributed by atoms with Gasteiger partial charge in [0, 0.05) is 0 Å². The Kier molecular flexibility index (Phi) is 10.3. The fourth-order valence-electron chi connectivity index (χ4n) is 3.51. The third-order valence-corrected chi connectivity index (χ3v) is 5.51. The summed E-state index contributed by atoms with van der Waals surface area (Å²) in [5.41, 5.74) is 5.58. The number of hydrogen-bond donors (Lipinski definition) is 1. The van der Waals surface area contributed by atoms with Crippen molar-refractivity contribution in [1.29, 1.82) is 0 Å². The van der Waals surface area contributed by atoms with Crippen molar-refractivity contribution in [3.63, 3.8) is 0 Å². The van der Waals surface area contributed by atoms with Crippen LogP contribution in [-0.2, 0) is 4.79 Å². The molecular weight excluding hydrogens is 484 g/mol. The van der Waals surface area contributed by atoms with E-state index in [1.54, 1.807) is 42.5 Å². The highest BCUT2D eigenvalue weighted by Gasteiger charge is 2.14. The van der Waals surface area contributed by atoms with E-state index in [0.717, 1.165) is 17.5 Å². The van der Waals surface area contributed by atoms with Gasteiger partial charge in [-0.15, -0.1) is 0 Å². The second-order valence-corrected chi connectivity index (χ2v) is 8.95. The van der Waals surface area contributed by atoms with Crippen molar-refractivity contribution in [1.82, 2.24) is 5.43 Å². The lowest BCUT2D eigenvalue weighted by molar-refractivity contribution is -0.123. The Balaban J connectivity index is 1.56. The number of aryl methyl sites for hydroxylation is 1. The van der Waals surface area contributed by atoms with Crippen LogP contribution in [0.1, 0.15) is 60.2 Å². The van der Waals surface area contributed by atoms with Gasteiger partial charge in [0.2, 0.25) is 0 Å². The maximum atomic E-state index is 12.6. The Morgan fingerprint density at radius 2 is 1.71 bits per heavy atom. The summed E-state index contributed by atoms with van der Waals surface area (Å²) < 4.78 is 22.2. The van der Waals surface area contributed by atoms with Crippen LogP contribution in [-0.4, -0.2) is 38.4 Å². The number of carbonyl (C=O) groups is 2. The van der Waals surface area contributed by atoms with Gasteiger partial charge in [-0.05, 0) is 84.5 Å². The zero-order valence-corrected chi connectivity index (χ0v) is 22.4. The highest BCUT2D eigenvalue weighted by molar-refractivity contribution is 5.92. The van der Waals surface area contributed by atoms with Gasteiger partial charge in [-0.1, -0.05) is 32.9 Å². The lowest BCUT2D eigenvalue weighted by Crippen LogP contribution is -2.25. The van der Waals surface area contributed by atoms with Crippen LogP contribution < -0.4 is 24.4 Å². The van der Waals surface area contributed by atoms with E-state index in [0.29, 0.717) is 35.0 Å². The molecule has 0 fully saturated rings. The average molecular weight is 519 g/mol. The van der Waals surface area contributed by atoms with Crippen molar-refractivity contribution in [3.8, 4) is 23.0 Å². The normalized spacial score (nSPS) is 10.9. The summed E-state index contributed by atoms with van der Waals surface area (Å²) in [6.07, 6.45) is 2.37. The van der Waals surface area contributed by atoms with E-state index in [1.165, 1.54) is 13.3 Å². The van der Waals surface area contributed by atoms with Crippen LogP contribution in [0.3, 0.4) is 0 Å². The lowest BCUT2D eigenvalue weighted by Gasteiger charge is -2.14. The minimum Gasteiger partial charge on any atom is -0.494 e. The molecule has 3 aromatic carbocycles. The largest absolute Gasteiger partial charge is 0.494 e. The molecule has 8 heteroatoms. The molecule has 0 unspecified atom stereocenters. The maximum Gasteiger partial charge on any atom is 0.343 e. The molecule has 1 N–H and O–H groups in total. The standard InChI is InChI=1S/C30H34N2O6/c1-6-15-36-24-11-9-23(10-12-24)30(34)38-26-14-8-22(17-28(26)35-5)18-31-32-29(33)19-37-27-16-21(4)7-13-25(27)20(2)3/h7-14,16-18,20H,6,15,19H2,1-5H3,(H,32,33)/b31-18-. The van der Waals surface area contributed by atoms with Gasteiger partial charge in [-0.25, -0.2) is 10.2 Å². The molecule has 0 heterocycles. The number of benzene rings is 3. The van der Waals surface area contributed by atoms with Gasteiger partial charge < -0.3 is 18.9 Å². The predicted molar refractivity (Wildman–Crippen MR) is 147 cm³/mol. The number of carbonyl (C=O) groups excluding carboxylic acids is 2. The number of esters is 1. The van der Waals surface area contributed by atoms with Crippen LogP contribution in [0.4, 0.5) is 0 Å². The zero-order chi connectivity index (χ0) is 27.5. The first-order valence-corrected chi connectivity index (χ1v) is 12.5. The van der Waals surface area contributed by atoms with Gasteiger partial charge in [0.15, 0.2) is 18.1 Å². The number of hydrazone groups is 1. The van der Waals surface area contributed by atoms with Gasteiger partial charge in [0.05, 0.1) is 25.5 Å². The van der Waals surface area contributed by atoms with Crippen molar-refractivity contribution in [3.05, 3.63) is 82.9 Å². The van der Waals surface area contributed by atoms with Crippen molar-refractivity contribution in [2.45, 2.75) is 40.0 Å². The van der Waals surface area contributed by atoms with Crippen molar-refractivity contribution >= 4 is 18.1 Å². The molecule has 0 radical (unpaired) electrons. The Hall–Kier alpha value is -4.33. The quantitative estimate of drug-likeness (QED) is 0.144. The zero-order valence-electron chi connectivity index (χ0n) is 22.4. The predicted octanol–water partition coefficient (Wildman–Crippen LogP) is 5.66. The molecule has 0 saturated heterocycles. The molecule has 200 valence electrons. The van der Waals surface area contributed by atoms with E-state index in [9.17, 15) is 9.59 Å². The first kappa shape index (κ1) is 28.2. The molecule has 0 atom stereocenters. The maximum absolute atomic E-state index is 12.6. The summed E-state index contributed by atoms with van der Waals surface area (Å²) in [4.78, 5) is 24.8. The number of nitrogens with zero attached hydrogens (tertiary/aromatic N) is 1. The third kappa shape index (κ3) is 8.09. The molecule has 1 amide bonds. The molecule has 0 bridgehead atoms. The summed E-state index contributed by atoms with van der Waals surface area (Å²) in [6, 6.07) is 17.7.